The summed E-state index contributed by atoms with van der Waals surface area (Å²) in [6.45, 7) is -0.566. The Hall–Kier alpha value is -3.47. The number of ether oxygens (including phenoxy) is 3. The van der Waals surface area contributed by atoms with Crippen LogP contribution in [0.15, 0.2) is 72.8 Å². The molecular weight excluding hydrogens is 456 g/mol. The Morgan fingerprint density at radius 1 is 0.829 bits per heavy atom. The molecule has 182 valence electrons. The molecule has 2 aliphatic rings. The Bertz CT molecular complexity index is 1210. The quantitative estimate of drug-likeness (QED) is 0.338. The number of aliphatic hydroxyl groups excluding tert-OH is 4. The minimum absolute atomic E-state index is 0.0739. The van der Waals surface area contributed by atoms with Crippen LogP contribution in [-0.4, -0.2) is 68.8 Å². The molecule has 2 heterocycles. The Labute approximate surface area is 200 Å². The number of cyclic esters (lactones) is 1. The zero-order valence-corrected chi connectivity index (χ0v) is 18.4. The van der Waals surface area contributed by atoms with E-state index in [1.807, 2.05) is 12.1 Å². The fourth-order valence-corrected chi connectivity index (χ4v) is 4.58. The van der Waals surface area contributed by atoms with Crippen LogP contribution >= 0.6 is 0 Å². The highest BCUT2D eigenvalue weighted by molar-refractivity contribution is 5.96. The molecule has 0 aromatic heterocycles. The third-order valence-electron chi connectivity index (χ3n) is 6.41. The van der Waals surface area contributed by atoms with Crippen LogP contribution in [-0.2, 0) is 15.1 Å². The number of rotatable bonds is 5. The summed E-state index contributed by atoms with van der Waals surface area (Å²) >= 11 is 0. The highest BCUT2D eigenvalue weighted by Crippen LogP contribution is 2.47. The zero-order chi connectivity index (χ0) is 24.7. The zero-order valence-electron chi connectivity index (χ0n) is 18.4. The second kappa shape index (κ2) is 8.95. The van der Waals surface area contributed by atoms with Crippen LogP contribution < -0.4 is 4.74 Å². The maximum Gasteiger partial charge on any atom is 0.340 e. The van der Waals surface area contributed by atoms with Crippen molar-refractivity contribution >= 4 is 5.97 Å². The Balaban J connectivity index is 1.50. The highest BCUT2D eigenvalue weighted by atomic mass is 16.7. The number of phenols is 1. The van der Waals surface area contributed by atoms with Gasteiger partial charge >= 0.3 is 5.97 Å². The van der Waals surface area contributed by atoms with Gasteiger partial charge in [-0.05, 0) is 30.3 Å². The minimum atomic E-state index is -1.56. The number of fused-ring (bicyclic) bond motifs is 1. The molecule has 35 heavy (non-hydrogen) atoms. The van der Waals surface area contributed by atoms with E-state index in [1.54, 1.807) is 48.5 Å². The van der Waals surface area contributed by atoms with E-state index in [2.05, 4.69) is 0 Å². The van der Waals surface area contributed by atoms with E-state index in [1.165, 1.54) is 12.1 Å². The molecule has 9 nitrogen and oxygen atoms in total. The number of esters is 1. The van der Waals surface area contributed by atoms with Gasteiger partial charge in [-0.25, -0.2) is 4.79 Å². The summed E-state index contributed by atoms with van der Waals surface area (Å²) in [5.41, 5.74) is 1.07. The van der Waals surface area contributed by atoms with Gasteiger partial charge in [0.05, 0.1) is 12.2 Å². The molecule has 1 saturated heterocycles. The van der Waals surface area contributed by atoms with Crippen LogP contribution in [0.3, 0.4) is 0 Å². The van der Waals surface area contributed by atoms with Crippen molar-refractivity contribution in [3.8, 4) is 11.5 Å². The summed E-state index contributed by atoms with van der Waals surface area (Å²) in [5, 5.41) is 49.3. The van der Waals surface area contributed by atoms with Crippen molar-refractivity contribution in [3.05, 3.63) is 95.1 Å². The van der Waals surface area contributed by atoms with Gasteiger partial charge in [0.2, 0.25) is 6.29 Å². The van der Waals surface area contributed by atoms with Crippen LogP contribution in [0.5, 0.6) is 11.5 Å². The Morgan fingerprint density at radius 2 is 1.46 bits per heavy atom. The second-order valence-corrected chi connectivity index (χ2v) is 8.50. The van der Waals surface area contributed by atoms with Gasteiger partial charge in [-0.15, -0.1) is 0 Å². The molecule has 0 amide bonds. The third kappa shape index (κ3) is 3.83. The van der Waals surface area contributed by atoms with Gasteiger partial charge in [-0.1, -0.05) is 42.5 Å². The number of aromatic hydroxyl groups is 1. The first-order valence-electron chi connectivity index (χ1n) is 11.0. The molecule has 5 N–H and O–H groups in total. The fourth-order valence-electron chi connectivity index (χ4n) is 4.58. The van der Waals surface area contributed by atoms with Crippen molar-refractivity contribution in [2.24, 2.45) is 0 Å². The SMILES string of the molecule is O=C1OC(c2ccc(O)cc2)(c2ccc(O[C@@H]3O[C@H](CO)[C@H](O)[C@H](O)[C@H]3O)cc2)c2ccccc21. The fraction of sp³-hybridized carbons (Fsp3) is 0.269. The predicted molar refractivity (Wildman–Crippen MR) is 121 cm³/mol. The number of benzene rings is 3. The van der Waals surface area contributed by atoms with Gasteiger partial charge in [-0.2, -0.15) is 0 Å². The number of carbonyl (C=O) groups is 1. The number of phenolic OH excluding ortho intramolecular Hbond substituents is 1. The molecule has 0 bridgehead atoms. The van der Waals surface area contributed by atoms with Gasteiger partial charge in [-0.3, -0.25) is 0 Å². The molecule has 6 atom stereocenters. The van der Waals surface area contributed by atoms with E-state index < -0.39 is 48.9 Å². The molecule has 1 fully saturated rings. The van der Waals surface area contributed by atoms with Gasteiger partial charge in [0, 0.05) is 16.7 Å². The van der Waals surface area contributed by atoms with E-state index in [0.717, 1.165) is 0 Å². The van der Waals surface area contributed by atoms with Crippen molar-refractivity contribution in [1.29, 1.82) is 0 Å². The summed E-state index contributed by atoms with van der Waals surface area (Å²) in [4.78, 5) is 12.8. The first kappa shape index (κ1) is 23.3. The lowest BCUT2D eigenvalue weighted by Gasteiger charge is -2.39. The van der Waals surface area contributed by atoms with E-state index in [-0.39, 0.29) is 11.5 Å². The van der Waals surface area contributed by atoms with Crippen molar-refractivity contribution in [1.82, 2.24) is 0 Å². The van der Waals surface area contributed by atoms with E-state index in [4.69, 9.17) is 14.2 Å². The Morgan fingerprint density at radius 3 is 2.11 bits per heavy atom. The lowest BCUT2D eigenvalue weighted by Crippen LogP contribution is -2.60. The van der Waals surface area contributed by atoms with Crippen molar-refractivity contribution in [2.45, 2.75) is 36.3 Å². The first-order chi connectivity index (χ1) is 16.8. The molecule has 3 aromatic carbocycles. The van der Waals surface area contributed by atoms with Crippen LogP contribution in [0.2, 0.25) is 0 Å². The van der Waals surface area contributed by atoms with Crippen LogP contribution in [0.25, 0.3) is 0 Å². The molecule has 1 unspecified atom stereocenters. The molecule has 0 spiro atoms. The summed E-state index contributed by atoms with van der Waals surface area (Å²) in [5.74, 6) is -0.128. The largest absolute Gasteiger partial charge is 0.508 e. The predicted octanol–water partition coefficient (Wildman–Crippen LogP) is 1.03. The molecule has 0 radical (unpaired) electrons. The van der Waals surface area contributed by atoms with Gasteiger partial charge < -0.3 is 39.7 Å². The van der Waals surface area contributed by atoms with Crippen LogP contribution in [0, 0.1) is 0 Å². The molecule has 0 saturated carbocycles. The number of aliphatic hydroxyl groups is 4. The van der Waals surface area contributed by atoms with E-state index in [9.17, 15) is 30.3 Å². The molecule has 9 heteroatoms. The van der Waals surface area contributed by atoms with Crippen molar-refractivity contribution in [2.75, 3.05) is 6.61 Å². The number of carbonyl (C=O) groups excluding carboxylic acids is 1. The Kier molecular flexibility index (Phi) is 5.96. The molecule has 5 rings (SSSR count). The summed E-state index contributed by atoms with van der Waals surface area (Å²) < 4.78 is 17.1. The van der Waals surface area contributed by atoms with E-state index >= 15 is 0 Å². The first-order valence-corrected chi connectivity index (χ1v) is 11.0. The highest BCUT2D eigenvalue weighted by Gasteiger charge is 2.48. The molecule has 2 aliphatic heterocycles. The van der Waals surface area contributed by atoms with Gasteiger partial charge in [0.15, 0.2) is 5.60 Å². The van der Waals surface area contributed by atoms with Crippen LogP contribution in [0.4, 0.5) is 0 Å². The monoisotopic (exact) mass is 480 g/mol. The minimum Gasteiger partial charge on any atom is -0.508 e. The van der Waals surface area contributed by atoms with Crippen LogP contribution in [0.1, 0.15) is 27.0 Å². The molecule has 3 aromatic rings. The third-order valence-corrected chi connectivity index (χ3v) is 6.41. The average molecular weight is 480 g/mol. The topological polar surface area (TPSA) is 146 Å². The lowest BCUT2D eigenvalue weighted by molar-refractivity contribution is -0.277. The summed E-state index contributed by atoms with van der Waals surface area (Å²) in [7, 11) is 0. The summed E-state index contributed by atoms with van der Waals surface area (Å²) in [6, 6.07) is 20.0. The number of hydrogen-bond donors (Lipinski definition) is 5. The van der Waals surface area contributed by atoms with Gasteiger partial charge in [0.25, 0.3) is 0 Å². The second-order valence-electron chi connectivity index (χ2n) is 8.50. The van der Waals surface area contributed by atoms with E-state index in [0.29, 0.717) is 22.3 Å². The number of hydrogen-bond acceptors (Lipinski definition) is 9. The lowest BCUT2D eigenvalue weighted by atomic mass is 9.80. The smallest absolute Gasteiger partial charge is 0.340 e. The average Bonchev–Trinajstić information content (AvgIpc) is 3.18. The van der Waals surface area contributed by atoms with Crippen molar-refractivity contribution < 1.29 is 44.5 Å². The normalized spacial score (nSPS) is 29.9. The standard InChI is InChI=1S/C26H24O9/c27-13-20-21(29)22(30)23(31)25(34-20)33-17-11-7-15(8-12-17)26(14-5-9-16(28)10-6-14)19-4-2-1-3-18(19)24(32)35-26/h1-12,20-23,25,27-31H,13H2/t20-,21+,22+,23-,25-,26?/m1/s1. The maximum absolute atomic E-state index is 12.8. The molecular formula is C26H24O9. The molecule has 0 aliphatic carbocycles. The van der Waals surface area contributed by atoms with Crippen molar-refractivity contribution in [3.63, 3.8) is 0 Å². The maximum atomic E-state index is 12.8. The van der Waals surface area contributed by atoms with Gasteiger partial charge in [0.1, 0.15) is 35.9 Å². The summed E-state index contributed by atoms with van der Waals surface area (Å²) in [6.07, 6.45) is -7.01.